The molecule has 12 nitrogen and oxygen atoms in total. The number of rotatable bonds is 14. The lowest BCUT2D eigenvalue weighted by atomic mass is 10.1. The molecule has 5 unspecified atom stereocenters. The molecule has 30 heavy (non-hydrogen) atoms. The Morgan fingerprint density at radius 3 is 2.00 bits per heavy atom. The van der Waals surface area contributed by atoms with Gasteiger partial charge in [-0.05, 0) is 25.4 Å². The van der Waals surface area contributed by atoms with Crippen molar-refractivity contribution in [2.75, 3.05) is 17.8 Å². The molecule has 0 fully saturated rings. The first kappa shape index (κ1) is 28.0. The lowest BCUT2D eigenvalue weighted by molar-refractivity contribution is -0.147. The van der Waals surface area contributed by atoms with Crippen LogP contribution in [0.1, 0.15) is 19.8 Å². The van der Waals surface area contributed by atoms with Gasteiger partial charge in [0, 0.05) is 5.75 Å². The van der Waals surface area contributed by atoms with Gasteiger partial charge in [-0.1, -0.05) is 0 Å². The average molecular weight is 469 g/mol. The van der Waals surface area contributed by atoms with Crippen molar-refractivity contribution in [3.8, 4) is 0 Å². The van der Waals surface area contributed by atoms with Crippen LogP contribution in [0.5, 0.6) is 0 Å². The molecule has 0 rings (SSSR count). The molecule has 0 saturated carbocycles. The van der Waals surface area contributed by atoms with E-state index in [-0.39, 0.29) is 5.75 Å². The van der Waals surface area contributed by atoms with Crippen molar-refractivity contribution in [3.05, 3.63) is 0 Å². The summed E-state index contributed by atoms with van der Waals surface area (Å²) in [6.07, 6.45) is -0.00784. The Kier molecular flexibility index (Phi) is 13.1. The van der Waals surface area contributed by atoms with Crippen molar-refractivity contribution in [2.45, 2.75) is 50.0 Å². The van der Waals surface area contributed by atoms with Crippen LogP contribution in [0.3, 0.4) is 0 Å². The second-order valence-electron chi connectivity index (χ2n) is 6.36. The monoisotopic (exact) mass is 468 g/mol. The van der Waals surface area contributed by atoms with E-state index in [1.807, 2.05) is 11.6 Å². The minimum atomic E-state index is -1.71. The number of carboxylic acids is 2. The van der Waals surface area contributed by atoms with Crippen molar-refractivity contribution in [2.24, 2.45) is 5.73 Å². The number of hydrogen-bond donors (Lipinski definition) is 8. The summed E-state index contributed by atoms with van der Waals surface area (Å²) < 4.78 is 0. The molecule has 0 saturated heterocycles. The first-order valence-corrected chi connectivity index (χ1v) is 10.9. The number of carboxylic acid groups (broad SMARTS) is 2. The summed E-state index contributed by atoms with van der Waals surface area (Å²) in [5.41, 5.74) is 5.73. The molecular formula is C16H28N4O8S2. The van der Waals surface area contributed by atoms with E-state index in [0.29, 0.717) is 12.2 Å². The van der Waals surface area contributed by atoms with Gasteiger partial charge in [-0.3, -0.25) is 19.2 Å². The number of carbonyl (C=O) groups excluding carboxylic acids is 3. The molecule has 0 bridgehead atoms. The molecule has 0 heterocycles. The van der Waals surface area contributed by atoms with Crippen LogP contribution in [0.4, 0.5) is 0 Å². The molecule has 8 N–H and O–H groups in total. The van der Waals surface area contributed by atoms with E-state index >= 15 is 0 Å². The third kappa shape index (κ3) is 10.1. The molecule has 172 valence electrons. The maximum Gasteiger partial charge on any atom is 0.326 e. The summed E-state index contributed by atoms with van der Waals surface area (Å²) in [4.78, 5) is 58.7. The molecule has 0 aliphatic heterocycles. The molecule has 3 amide bonds. The zero-order valence-electron chi connectivity index (χ0n) is 16.5. The summed E-state index contributed by atoms with van der Waals surface area (Å²) in [7, 11) is 0. The molecule has 0 aromatic rings. The summed E-state index contributed by atoms with van der Waals surface area (Å²) in [6, 6.07) is -5.39. The first-order chi connectivity index (χ1) is 13.9. The molecule has 0 aliphatic carbocycles. The van der Waals surface area contributed by atoms with Gasteiger partial charge in [0.05, 0.1) is 18.6 Å². The largest absolute Gasteiger partial charge is 0.481 e. The minimum Gasteiger partial charge on any atom is -0.481 e. The Balaban J connectivity index is 5.13. The van der Waals surface area contributed by atoms with Crippen LogP contribution in [0.2, 0.25) is 0 Å². The van der Waals surface area contributed by atoms with Crippen LogP contribution in [0.15, 0.2) is 0 Å². The van der Waals surface area contributed by atoms with E-state index < -0.39 is 66.4 Å². The Morgan fingerprint density at radius 2 is 1.57 bits per heavy atom. The van der Waals surface area contributed by atoms with Gasteiger partial charge in [0.25, 0.3) is 0 Å². The lowest BCUT2D eigenvalue weighted by Crippen LogP contribution is -2.60. The second-order valence-corrected chi connectivity index (χ2v) is 7.71. The second kappa shape index (κ2) is 14.1. The highest BCUT2D eigenvalue weighted by molar-refractivity contribution is 7.98. The maximum absolute atomic E-state index is 12.5. The topological polar surface area (TPSA) is 208 Å². The van der Waals surface area contributed by atoms with Gasteiger partial charge in [-0.25, -0.2) is 4.79 Å². The fraction of sp³-hybridized carbons (Fsp3) is 0.688. The average Bonchev–Trinajstić information content (AvgIpc) is 2.66. The number of carbonyl (C=O) groups is 5. The van der Waals surface area contributed by atoms with E-state index in [1.54, 1.807) is 0 Å². The van der Waals surface area contributed by atoms with Crippen molar-refractivity contribution in [1.29, 1.82) is 0 Å². The van der Waals surface area contributed by atoms with E-state index in [9.17, 15) is 29.1 Å². The highest BCUT2D eigenvalue weighted by atomic mass is 32.2. The summed E-state index contributed by atoms with van der Waals surface area (Å²) in [5.74, 6) is -5.22. The van der Waals surface area contributed by atoms with E-state index in [4.69, 9.17) is 15.9 Å². The predicted molar refractivity (Wildman–Crippen MR) is 112 cm³/mol. The number of thioether (sulfide) groups is 1. The molecule has 0 aromatic heterocycles. The molecule has 5 atom stereocenters. The summed E-state index contributed by atoms with van der Waals surface area (Å²) in [6.45, 7) is 1.25. The van der Waals surface area contributed by atoms with Crippen molar-refractivity contribution in [3.63, 3.8) is 0 Å². The summed E-state index contributed by atoms with van der Waals surface area (Å²) in [5, 5.41) is 34.1. The lowest BCUT2D eigenvalue weighted by Gasteiger charge is -2.25. The minimum absolute atomic E-state index is 0.259. The van der Waals surface area contributed by atoms with Crippen molar-refractivity contribution < 1.29 is 39.3 Å². The Hall–Kier alpha value is -2.03. The number of amides is 3. The van der Waals surface area contributed by atoms with Crippen LogP contribution in [-0.2, 0) is 24.0 Å². The number of aliphatic carboxylic acids is 2. The van der Waals surface area contributed by atoms with Crippen molar-refractivity contribution in [1.82, 2.24) is 16.0 Å². The molecule has 0 aliphatic rings. The van der Waals surface area contributed by atoms with Crippen LogP contribution < -0.4 is 21.7 Å². The van der Waals surface area contributed by atoms with Crippen molar-refractivity contribution >= 4 is 54.1 Å². The van der Waals surface area contributed by atoms with Crippen LogP contribution >= 0.6 is 24.4 Å². The number of aliphatic hydroxyl groups is 1. The van der Waals surface area contributed by atoms with Crippen LogP contribution in [0, 0.1) is 0 Å². The molecule has 0 aromatic carbocycles. The third-order valence-corrected chi connectivity index (χ3v) is 4.85. The smallest absolute Gasteiger partial charge is 0.326 e. The van der Waals surface area contributed by atoms with Gasteiger partial charge in [-0.2, -0.15) is 24.4 Å². The Morgan fingerprint density at radius 1 is 1.00 bits per heavy atom. The zero-order valence-corrected chi connectivity index (χ0v) is 18.2. The van der Waals surface area contributed by atoms with Gasteiger partial charge in [0.2, 0.25) is 17.7 Å². The van der Waals surface area contributed by atoms with E-state index in [2.05, 4.69) is 23.3 Å². The third-order valence-electron chi connectivity index (χ3n) is 3.84. The van der Waals surface area contributed by atoms with Crippen LogP contribution in [0.25, 0.3) is 0 Å². The molecule has 0 radical (unpaired) electrons. The Labute approximate surface area is 183 Å². The molecule has 0 spiro atoms. The number of nitrogens with two attached hydrogens (primary N) is 1. The van der Waals surface area contributed by atoms with Gasteiger partial charge in [0.1, 0.15) is 18.1 Å². The van der Waals surface area contributed by atoms with Gasteiger partial charge in [-0.15, -0.1) is 0 Å². The SMILES string of the molecule is CSCCC(N)C(=O)NC(C(=O)NC(CS)C(=O)NC(CC(=O)O)C(=O)O)C(C)O. The highest BCUT2D eigenvalue weighted by Crippen LogP contribution is 2.02. The fourth-order valence-electron chi connectivity index (χ4n) is 2.14. The van der Waals surface area contributed by atoms with Gasteiger partial charge in [0.15, 0.2) is 0 Å². The van der Waals surface area contributed by atoms with E-state index in [1.165, 1.54) is 18.7 Å². The first-order valence-electron chi connectivity index (χ1n) is 8.83. The zero-order chi connectivity index (χ0) is 23.4. The fourth-order valence-corrected chi connectivity index (χ4v) is 2.89. The van der Waals surface area contributed by atoms with Gasteiger partial charge < -0.3 is 37.0 Å². The molecular weight excluding hydrogens is 440 g/mol. The summed E-state index contributed by atoms with van der Waals surface area (Å²) >= 11 is 5.41. The van der Waals surface area contributed by atoms with Crippen LogP contribution in [-0.4, -0.2) is 93.0 Å². The quantitative estimate of drug-likeness (QED) is 0.125. The van der Waals surface area contributed by atoms with E-state index in [0.717, 1.165) is 0 Å². The Bertz CT molecular complexity index is 634. The normalized spacial score (nSPS) is 15.8. The maximum atomic E-state index is 12.5. The highest BCUT2D eigenvalue weighted by Gasteiger charge is 2.32. The number of hydrogen-bond acceptors (Lipinski definition) is 9. The number of nitrogens with one attached hydrogen (secondary N) is 3. The molecule has 14 heteroatoms. The predicted octanol–water partition coefficient (Wildman–Crippen LogP) is -2.61. The number of aliphatic hydroxyl groups excluding tert-OH is 1. The number of thiol groups is 1. The van der Waals surface area contributed by atoms with Gasteiger partial charge >= 0.3 is 11.9 Å². The standard InChI is InChI=1S/C16H28N4O8S2/c1-7(21)12(20-13(24)8(17)3-4-30-2)15(26)19-10(6-29)14(25)18-9(16(27)28)5-11(22)23/h7-10,12,21,29H,3-6,17H2,1-2H3,(H,18,25)(H,19,26)(H,20,24)(H,22,23)(H,27,28).